The maximum atomic E-state index is 6.71. The third-order valence-electron chi connectivity index (χ3n) is 14.3. The minimum atomic E-state index is -0.0687. The molecule has 0 atom stereocenters. The Morgan fingerprint density at radius 1 is 0.508 bits per heavy atom. The highest BCUT2D eigenvalue weighted by atomic mass is 16.3. The summed E-state index contributed by atoms with van der Waals surface area (Å²) in [7, 11) is 0. The fourth-order valence-corrected chi connectivity index (χ4v) is 10.7. The Balaban J connectivity index is 1.16. The molecule has 0 spiro atoms. The van der Waals surface area contributed by atoms with Crippen molar-refractivity contribution in [2.45, 2.75) is 85.5 Å². The first-order valence-corrected chi connectivity index (χ1v) is 23.1. The van der Waals surface area contributed by atoms with Crippen molar-refractivity contribution >= 4 is 106 Å². The zero-order valence-corrected chi connectivity index (χ0v) is 39.2. The van der Waals surface area contributed by atoms with Crippen molar-refractivity contribution in [1.82, 2.24) is 8.80 Å². The van der Waals surface area contributed by atoms with Crippen molar-refractivity contribution in [2.24, 2.45) is 0 Å². The summed E-state index contributed by atoms with van der Waals surface area (Å²) >= 11 is 0. The number of furan rings is 1. The van der Waals surface area contributed by atoms with Gasteiger partial charge in [-0.15, -0.1) is 0 Å². The third kappa shape index (κ3) is 5.75. The Labute approximate surface area is 380 Å². The zero-order valence-electron chi connectivity index (χ0n) is 39.2. The van der Waals surface area contributed by atoms with Gasteiger partial charge in [-0.05, 0) is 124 Å². The summed E-state index contributed by atoms with van der Waals surface area (Å²) in [6, 6.07) is 49.7. The Morgan fingerprint density at radius 3 is 1.91 bits per heavy atom. The van der Waals surface area contributed by atoms with E-state index in [0.29, 0.717) is 0 Å². The molecule has 0 unspecified atom stereocenters. The van der Waals surface area contributed by atoms with Crippen LogP contribution in [-0.2, 0) is 16.2 Å². The second-order valence-corrected chi connectivity index (χ2v) is 21.7. The van der Waals surface area contributed by atoms with Crippen LogP contribution in [0.15, 0.2) is 138 Å². The number of anilines is 3. The van der Waals surface area contributed by atoms with E-state index >= 15 is 0 Å². The molecular formula is C61H55N3O. The molecule has 65 heavy (non-hydrogen) atoms. The normalized spacial score (nSPS) is 13.5. The van der Waals surface area contributed by atoms with E-state index in [9.17, 15) is 0 Å². The Kier molecular flexibility index (Phi) is 8.07. The van der Waals surface area contributed by atoms with Crippen LogP contribution in [0.2, 0.25) is 0 Å². The second kappa shape index (κ2) is 13.3. The molecule has 0 aliphatic heterocycles. The molecule has 0 saturated carbocycles. The van der Waals surface area contributed by atoms with Gasteiger partial charge in [-0.25, -0.2) is 0 Å². The maximum Gasteiger partial charge on any atom is 0.159 e. The van der Waals surface area contributed by atoms with Crippen LogP contribution in [0.4, 0.5) is 17.1 Å². The molecule has 0 bridgehead atoms. The number of nitrogens with zero attached hydrogens (tertiary/aromatic N) is 3. The number of rotatable bonds is 4. The average molecular weight is 846 g/mol. The van der Waals surface area contributed by atoms with Crippen molar-refractivity contribution in [1.29, 1.82) is 0 Å². The van der Waals surface area contributed by atoms with Gasteiger partial charge in [0, 0.05) is 70.7 Å². The van der Waals surface area contributed by atoms with E-state index in [4.69, 9.17) is 11.0 Å². The van der Waals surface area contributed by atoms with Gasteiger partial charge in [0.1, 0.15) is 5.58 Å². The summed E-state index contributed by atoms with van der Waals surface area (Å²) in [5, 5.41) is 12.0. The molecular weight excluding hydrogens is 791 g/mol. The van der Waals surface area contributed by atoms with Crippen LogP contribution in [0.25, 0.3) is 89.0 Å². The minimum absolute atomic E-state index is 0.00531. The molecule has 5 aromatic heterocycles. The number of aromatic nitrogens is 2. The molecule has 4 nitrogen and oxygen atoms in total. The van der Waals surface area contributed by atoms with Gasteiger partial charge in [-0.1, -0.05) is 130 Å². The summed E-state index contributed by atoms with van der Waals surface area (Å²) in [6.45, 7) is 28.0. The summed E-state index contributed by atoms with van der Waals surface area (Å²) in [5.74, 6) is 0. The Morgan fingerprint density at radius 2 is 1.15 bits per heavy atom. The summed E-state index contributed by atoms with van der Waals surface area (Å²) in [5.41, 5.74) is 16.1. The lowest BCUT2D eigenvalue weighted by atomic mass is 9.84. The van der Waals surface area contributed by atoms with Crippen molar-refractivity contribution < 1.29 is 4.42 Å². The molecule has 0 fully saturated rings. The number of hydrogen-bond acceptors (Lipinski definition) is 2. The highest BCUT2D eigenvalue weighted by Crippen LogP contribution is 2.46. The predicted molar refractivity (Wildman–Crippen MR) is 278 cm³/mol. The maximum absolute atomic E-state index is 6.71. The van der Waals surface area contributed by atoms with Crippen LogP contribution >= 0.6 is 0 Å². The molecule has 0 saturated heterocycles. The van der Waals surface area contributed by atoms with Crippen molar-refractivity contribution in [2.75, 3.05) is 4.90 Å². The Hall–Kier alpha value is -7.04. The molecule has 5 heterocycles. The summed E-state index contributed by atoms with van der Waals surface area (Å²) in [6.07, 6.45) is 2.42. The van der Waals surface area contributed by atoms with Crippen LogP contribution in [0, 0.1) is 6.92 Å². The number of para-hydroxylation sites is 3. The monoisotopic (exact) mass is 845 g/mol. The van der Waals surface area contributed by atoms with Crippen LogP contribution < -0.4 is 15.5 Å². The van der Waals surface area contributed by atoms with Crippen LogP contribution in [-0.4, -0.2) is 8.80 Å². The summed E-state index contributed by atoms with van der Waals surface area (Å²) in [4.78, 5) is 2.38. The smallest absolute Gasteiger partial charge is 0.159 e. The molecule has 4 heteroatoms. The SMILES string of the molecule is C=c1/c(=C\c2cc3cc(C(C)(C)C)cc4c5cc(C(C)(C)C)ccc5n2c34)c2cc(C(C)(C)C)cc3c4ccc(N(c5ccccc5C)c5cccc6c5oc5ccccc56)cc4n1c23. The molecule has 0 aliphatic carbocycles. The van der Waals surface area contributed by atoms with Crippen LogP contribution in [0.5, 0.6) is 0 Å². The van der Waals surface area contributed by atoms with Gasteiger partial charge in [0.25, 0.3) is 0 Å². The first-order chi connectivity index (χ1) is 31.0. The second-order valence-electron chi connectivity index (χ2n) is 21.7. The lowest BCUT2D eigenvalue weighted by Gasteiger charge is -2.27. The zero-order chi connectivity index (χ0) is 45.1. The molecule has 12 aromatic rings. The van der Waals surface area contributed by atoms with Gasteiger partial charge in [0.2, 0.25) is 0 Å². The van der Waals surface area contributed by atoms with E-state index < -0.39 is 0 Å². The quantitative estimate of drug-likeness (QED) is 0.176. The van der Waals surface area contributed by atoms with E-state index in [2.05, 4.69) is 216 Å². The van der Waals surface area contributed by atoms with Crippen LogP contribution in [0.3, 0.4) is 0 Å². The highest BCUT2D eigenvalue weighted by Gasteiger charge is 2.27. The number of fused-ring (bicyclic) bond motifs is 9. The van der Waals surface area contributed by atoms with Gasteiger partial charge in [-0.3, -0.25) is 0 Å². The van der Waals surface area contributed by atoms with Gasteiger partial charge in [-0.2, -0.15) is 0 Å². The van der Waals surface area contributed by atoms with E-state index in [0.717, 1.165) is 55.1 Å². The minimum Gasteiger partial charge on any atom is -0.454 e. The largest absolute Gasteiger partial charge is 0.454 e. The van der Waals surface area contributed by atoms with Gasteiger partial charge in [0.05, 0.1) is 27.8 Å². The molecule has 7 aromatic carbocycles. The summed E-state index contributed by atoms with van der Waals surface area (Å²) < 4.78 is 11.6. The van der Waals surface area contributed by atoms with E-state index in [1.54, 1.807) is 0 Å². The predicted octanol–water partition coefficient (Wildman–Crippen LogP) is 15.5. The van der Waals surface area contributed by atoms with Crippen molar-refractivity contribution in [3.8, 4) is 0 Å². The third-order valence-corrected chi connectivity index (χ3v) is 14.3. The van der Waals surface area contributed by atoms with Gasteiger partial charge < -0.3 is 18.1 Å². The highest BCUT2D eigenvalue weighted by molar-refractivity contribution is 6.18. The topological polar surface area (TPSA) is 25.2 Å². The molecule has 320 valence electrons. The first kappa shape index (κ1) is 39.5. The van der Waals surface area contributed by atoms with Crippen molar-refractivity contribution in [3.05, 3.63) is 172 Å². The standard InChI is InChI=1S/C61H55N3O/c1-35-17-12-14-20-51(35)63(53-21-16-19-45-44-18-13-15-22-55(44)65-58(45)53)41-24-25-43-48-31-40(61(9,10)11)32-49-46(36(2)62(57(48)49)54(43)34-41)33-42-28-37-27-39(60(6,7)8)30-50-47-29-38(59(3,4)5)23-26-52(47)64(42)56(37)50/h12-34H,2H2,1,3-11H3/b46-33+. The fourth-order valence-electron chi connectivity index (χ4n) is 10.7. The number of benzene rings is 7. The number of aryl methyl sites for hydroxylation is 1. The first-order valence-electron chi connectivity index (χ1n) is 23.1. The van der Waals surface area contributed by atoms with Crippen LogP contribution in [0.1, 0.15) is 90.3 Å². The van der Waals surface area contributed by atoms with Gasteiger partial charge >= 0.3 is 0 Å². The Bertz CT molecular complexity index is 4040. The number of hydrogen-bond donors (Lipinski definition) is 0. The van der Waals surface area contributed by atoms with E-state index in [-0.39, 0.29) is 16.2 Å². The van der Waals surface area contributed by atoms with E-state index in [1.165, 1.54) is 76.8 Å². The lowest BCUT2D eigenvalue weighted by Crippen LogP contribution is -2.24. The molecule has 12 rings (SSSR count). The van der Waals surface area contributed by atoms with Crippen molar-refractivity contribution in [3.63, 3.8) is 0 Å². The lowest BCUT2D eigenvalue weighted by molar-refractivity contribution is 0.590. The van der Waals surface area contributed by atoms with E-state index in [1.807, 2.05) is 6.07 Å². The molecule has 0 N–H and O–H groups in total. The molecule has 0 radical (unpaired) electrons. The molecule has 0 aliphatic rings. The van der Waals surface area contributed by atoms with Gasteiger partial charge in [0.15, 0.2) is 5.58 Å². The molecule has 0 amide bonds. The average Bonchev–Trinajstić information content (AvgIpc) is 4.06. The fraction of sp³-hybridized carbons (Fsp3) is 0.213.